The summed E-state index contributed by atoms with van der Waals surface area (Å²) >= 11 is 0. The number of benzene rings is 1. The lowest BCUT2D eigenvalue weighted by Crippen LogP contribution is -2.57. The number of nitrogens with zero attached hydrogens (tertiary/aromatic N) is 2. The van der Waals surface area contributed by atoms with Crippen LogP contribution in [0.5, 0.6) is 11.5 Å². The summed E-state index contributed by atoms with van der Waals surface area (Å²) in [4.78, 5) is 41.9. The fraction of sp³-hybridized carbons (Fsp3) is 0.621. The molecule has 3 heterocycles. The molecular formula is C29H41N3O8. The minimum Gasteiger partial charge on any atom is -0.493 e. The van der Waals surface area contributed by atoms with Gasteiger partial charge in [0.05, 0.1) is 31.0 Å². The number of nitrogens with two attached hydrogens (primary N) is 1. The standard InChI is InChI=1S/C29H41N3O8/c1-3-15-39-29(35)32-22-19-24(37-16-9-4-5-12-25(30)33)23(36-2)18-20(22)27(34)31-14-8-6-11-21(31)28(32)40-26-13-7-10-17-38-26/h3,18-19,21,26,28H,1,4-17H2,2H3,(H2,30,33)/t21-,26?,28?/m0/s1. The van der Waals surface area contributed by atoms with Gasteiger partial charge in [0.1, 0.15) is 6.61 Å². The van der Waals surface area contributed by atoms with Crippen LogP contribution in [0.15, 0.2) is 24.8 Å². The van der Waals surface area contributed by atoms with E-state index in [0.717, 1.165) is 32.1 Å². The number of amides is 3. The molecule has 2 N–H and O–H groups in total. The Morgan fingerprint density at radius 1 is 1.12 bits per heavy atom. The number of unbranched alkanes of at least 4 members (excludes halogenated alkanes) is 2. The molecular weight excluding hydrogens is 518 g/mol. The summed E-state index contributed by atoms with van der Waals surface area (Å²) in [5.74, 6) is 0.242. The normalized spacial score (nSPS) is 22.5. The van der Waals surface area contributed by atoms with Crippen molar-refractivity contribution in [2.75, 3.05) is 38.4 Å². The third-order valence-electron chi connectivity index (χ3n) is 7.44. The zero-order chi connectivity index (χ0) is 28.5. The average Bonchev–Trinajstić information content (AvgIpc) is 3.06. The first kappa shape index (κ1) is 29.7. The minimum absolute atomic E-state index is 0.00442. The SMILES string of the molecule is C=CCOC(=O)N1c2cc(OCCCCCC(N)=O)c(OC)cc2C(=O)N2CCCC[C@H]2C1OC1CCCCO1. The lowest BCUT2D eigenvalue weighted by atomic mass is 10.00. The van der Waals surface area contributed by atoms with E-state index < -0.39 is 18.6 Å². The van der Waals surface area contributed by atoms with Crippen molar-refractivity contribution in [1.82, 2.24) is 4.90 Å². The second-order valence-corrected chi connectivity index (χ2v) is 10.3. The molecule has 1 aromatic carbocycles. The Balaban J connectivity index is 1.71. The fourth-order valence-corrected chi connectivity index (χ4v) is 5.45. The van der Waals surface area contributed by atoms with Gasteiger partial charge in [-0.15, -0.1) is 0 Å². The molecule has 11 nitrogen and oxygen atoms in total. The van der Waals surface area contributed by atoms with E-state index in [0.29, 0.717) is 74.6 Å². The maximum absolute atomic E-state index is 14.0. The molecule has 0 saturated carbocycles. The van der Waals surface area contributed by atoms with Crippen molar-refractivity contribution in [2.45, 2.75) is 82.8 Å². The van der Waals surface area contributed by atoms with E-state index in [2.05, 4.69) is 6.58 Å². The molecule has 0 bridgehead atoms. The zero-order valence-electron chi connectivity index (χ0n) is 23.3. The molecule has 40 heavy (non-hydrogen) atoms. The number of carbonyl (C=O) groups excluding carboxylic acids is 3. The fourth-order valence-electron chi connectivity index (χ4n) is 5.45. The second-order valence-electron chi connectivity index (χ2n) is 10.3. The van der Waals surface area contributed by atoms with Crippen molar-refractivity contribution in [3.63, 3.8) is 0 Å². The van der Waals surface area contributed by atoms with E-state index in [1.54, 1.807) is 17.0 Å². The Morgan fingerprint density at radius 3 is 2.67 bits per heavy atom. The summed E-state index contributed by atoms with van der Waals surface area (Å²) in [6, 6.07) is 2.90. The first-order chi connectivity index (χ1) is 19.4. The van der Waals surface area contributed by atoms with Crippen molar-refractivity contribution < 1.29 is 38.1 Å². The molecule has 0 aromatic heterocycles. The lowest BCUT2D eigenvalue weighted by molar-refractivity contribution is -0.198. The molecule has 220 valence electrons. The molecule has 4 rings (SSSR count). The van der Waals surface area contributed by atoms with E-state index in [1.165, 1.54) is 18.1 Å². The van der Waals surface area contributed by atoms with Gasteiger partial charge >= 0.3 is 6.09 Å². The van der Waals surface area contributed by atoms with Crippen LogP contribution < -0.4 is 20.1 Å². The first-order valence-electron chi connectivity index (χ1n) is 14.2. The first-order valence-corrected chi connectivity index (χ1v) is 14.2. The number of piperidine rings is 1. The van der Waals surface area contributed by atoms with Gasteiger partial charge in [0.2, 0.25) is 5.91 Å². The van der Waals surface area contributed by atoms with Gasteiger partial charge in [-0.05, 0) is 63.9 Å². The number of rotatable bonds is 12. The highest BCUT2D eigenvalue weighted by Gasteiger charge is 2.46. The van der Waals surface area contributed by atoms with Crippen LogP contribution in [0.3, 0.4) is 0 Å². The summed E-state index contributed by atoms with van der Waals surface area (Å²) in [5.41, 5.74) is 5.86. The van der Waals surface area contributed by atoms with E-state index >= 15 is 0 Å². The van der Waals surface area contributed by atoms with Crippen LogP contribution in [0.25, 0.3) is 0 Å². The highest BCUT2D eigenvalue weighted by molar-refractivity contribution is 6.06. The molecule has 2 unspecified atom stereocenters. The van der Waals surface area contributed by atoms with Gasteiger partial charge in [0.25, 0.3) is 5.91 Å². The van der Waals surface area contributed by atoms with Crippen molar-refractivity contribution >= 4 is 23.6 Å². The predicted octanol–water partition coefficient (Wildman–Crippen LogP) is 4.13. The summed E-state index contributed by atoms with van der Waals surface area (Å²) in [6.07, 6.45) is 7.04. The summed E-state index contributed by atoms with van der Waals surface area (Å²) < 4.78 is 29.6. The Morgan fingerprint density at radius 2 is 1.95 bits per heavy atom. The van der Waals surface area contributed by atoms with Crippen LogP contribution in [-0.4, -0.2) is 74.8 Å². The third-order valence-corrected chi connectivity index (χ3v) is 7.44. The number of hydrogen-bond donors (Lipinski definition) is 1. The van der Waals surface area contributed by atoms with E-state index in [4.69, 9.17) is 29.4 Å². The second kappa shape index (κ2) is 14.4. The van der Waals surface area contributed by atoms with Crippen molar-refractivity contribution in [3.8, 4) is 11.5 Å². The van der Waals surface area contributed by atoms with Crippen LogP contribution in [-0.2, 0) is 19.0 Å². The van der Waals surface area contributed by atoms with E-state index in [1.807, 2.05) is 0 Å². The molecule has 2 fully saturated rings. The Labute approximate surface area is 235 Å². The molecule has 3 aliphatic heterocycles. The molecule has 3 amide bonds. The van der Waals surface area contributed by atoms with Crippen LogP contribution >= 0.6 is 0 Å². The smallest absolute Gasteiger partial charge is 0.416 e. The van der Waals surface area contributed by atoms with E-state index in [9.17, 15) is 14.4 Å². The van der Waals surface area contributed by atoms with Gasteiger partial charge in [-0.1, -0.05) is 12.7 Å². The van der Waals surface area contributed by atoms with Gasteiger partial charge in [-0.3, -0.25) is 9.59 Å². The maximum atomic E-state index is 14.0. The van der Waals surface area contributed by atoms with Gasteiger partial charge in [-0.25, -0.2) is 9.69 Å². The molecule has 3 aliphatic rings. The molecule has 0 aliphatic carbocycles. The van der Waals surface area contributed by atoms with E-state index in [-0.39, 0.29) is 24.5 Å². The maximum Gasteiger partial charge on any atom is 0.416 e. The number of hydrogen-bond acceptors (Lipinski definition) is 8. The highest BCUT2D eigenvalue weighted by atomic mass is 16.7. The lowest BCUT2D eigenvalue weighted by Gasteiger charge is -2.42. The van der Waals surface area contributed by atoms with Gasteiger partial charge < -0.3 is 34.3 Å². The van der Waals surface area contributed by atoms with Gasteiger partial charge in [0.15, 0.2) is 24.0 Å². The Kier molecular flexibility index (Phi) is 10.7. The summed E-state index contributed by atoms with van der Waals surface area (Å²) in [7, 11) is 1.51. The third kappa shape index (κ3) is 7.06. The number of primary amides is 1. The average molecular weight is 560 g/mol. The highest BCUT2D eigenvalue weighted by Crippen LogP contribution is 2.42. The zero-order valence-corrected chi connectivity index (χ0v) is 23.3. The Hall–Kier alpha value is -3.31. The van der Waals surface area contributed by atoms with Crippen LogP contribution in [0.2, 0.25) is 0 Å². The molecule has 3 atom stereocenters. The topological polar surface area (TPSA) is 130 Å². The molecule has 0 radical (unpaired) electrons. The molecule has 11 heteroatoms. The number of anilines is 1. The number of carbonyl (C=O) groups is 3. The monoisotopic (exact) mass is 559 g/mol. The quantitative estimate of drug-likeness (QED) is 0.299. The summed E-state index contributed by atoms with van der Waals surface area (Å²) in [5, 5.41) is 0. The number of methoxy groups -OCH3 is 1. The molecule has 0 spiro atoms. The minimum atomic E-state index is -0.819. The van der Waals surface area contributed by atoms with Crippen LogP contribution in [0.1, 0.15) is 74.6 Å². The summed E-state index contributed by atoms with van der Waals surface area (Å²) in [6.45, 7) is 5.15. The number of ether oxygens (including phenoxy) is 5. The van der Waals surface area contributed by atoms with Gasteiger partial charge in [-0.2, -0.15) is 0 Å². The van der Waals surface area contributed by atoms with Crippen molar-refractivity contribution in [3.05, 3.63) is 30.4 Å². The Bertz CT molecular complexity index is 1060. The molecule has 2 saturated heterocycles. The van der Waals surface area contributed by atoms with Crippen molar-refractivity contribution in [1.29, 1.82) is 0 Å². The van der Waals surface area contributed by atoms with Crippen LogP contribution in [0, 0.1) is 0 Å². The largest absolute Gasteiger partial charge is 0.493 e. The number of fused-ring (bicyclic) bond motifs is 2. The van der Waals surface area contributed by atoms with Crippen LogP contribution in [0.4, 0.5) is 10.5 Å². The molecule has 1 aromatic rings. The van der Waals surface area contributed by atoms with Gasteiger partial charge in [0, 0.05) is 25.6 Å². The van der Waals surface area contributed by atoms with Crippen molar-refractivity contribution in [2.24, 2.45) is 5.73 Å². The predicted molar refractivity (Wildman–Crippen MR) is 147 cm³/mol.